The van der Waals surface area contributed by atoms with Crippen molar-refractivity contribution in [3.63, 3.8) is 0 Å². The Bertz CT molecular complexity index is 416. The predicted octanol–water partition coefficient (Wildman–Crippen LogP) is 2.55. The molecule has 1 fully saturated rings. The third-order valence-corrected chi connectivity index (χ3v) is 2.50. The minimum Gasteiger partial charge on any atom is -0.415 e. The van der Waals surface area contributed by atoms with Crippen LogP contribution in [-0.2, 0) is 4.79 Å². The number of amides is 1. The molecular weight excluding hydrogens is 230 g/mol. The lowest BCUT2D eigenvalue weighted by molar-refractivity contribution is -0.117. The van der Waals surface area contributed by atoms with Crippen molar-refractivity contribution in [3.8, 4) is 5.75 Å². The van der Waals surface area contributed by atoms with Crippen molar-refractivity contribution in [2.45, 2.75) is 12.8 Å². The second kappa shape index (κ2) is 4.53. The Morgan fingerprint density at radius 2 is 2.00 bits per heavy atom. The van der Waals surface area contributed by atoms with Crippen molar-refractivity contribution in [2.24, 2.45) is 0 Å². The molecule has 1 aliphatic heterocycles. The van der Waals surface area contributed by atoms with Crippen LogP contribution in [-0.4, -0.2) is 17.9 Å². The van der Waals surface area contributed by atoms with Crippen molar-refractivity contribution >= 4 is 28.6 Å². The highest BCUT2D eigenvalue weighted by Gasteiger charge is 2.21. The summed E-state index contributed by atoms with van der Waals surface area (Å²) in [5.41, 5.74) is -0.0538. The fraction of sp³-hybridized carbons (Fsp3) is 0.273. The molecule has 0 aliphatic carbocycles. The Balaban J connectivity index is 2.12. The van der Waals surface area contributed by atoms with Gasteiger partial charge in [-0.1, -0.05) is 0 Å². The Kier molecular flexibility index (Phi) is 3.10. The highest BCUT2D eigenvalue weighted by molar-refractivity contribution is 6.61. The van der Waals surface area contributed by atoms with E-state index in [-0.39, 0.29) is 5.91 Å². The van der Waals surface area contributed by atoms with Gasteiger partial charge in [-0.2, -0.15) is 0 Å². The van der Waals surface area contributed by atoms with Gasteiger partial charge in [0.15, 0.2) is 0 Å². The molecule has 4 nitrogen and oxygen atoms in total. The topological polar surface area (TPSA) is 46.6 Å². The van der Waals surface area contributed by atoms with Gasteiger partial charge in [-0.25, -0.2) is 4.79 Å². The second-order valence-corrected chi connectivity index (χ2v) is 3.79. The molecule has 0 N–H and O–H groups in total. The molecule has 1 aromatic carbocycles. The van der Waals surface area contributed by atoms with E-state index in [2.05, 4.69) is 4.74 Å². The number of nitrogens with zero attached hydrogens (tertiary/aromatic N) is 1. The summed E-state index contributed by atoms with van der Waals surface area (Å²) in [5, 5.41) is 0. The van der Waals surface area contributed by atoms with Gasteiger partial charge in [0.25, 0.3) is 0 Å². The van der Waals surface area contributed by atoms with Crippen LogP contribution in [0.1, 0.15) is 12.8 Å². The summed E-state index contributed by atoms with van der Waals surface area (Å²) >= 11 is 5.08. The first-order valence-electron chi connectivity index (χ1n) is 4.94. The molecule has 0 spiro atoms. The van der Waals surface area contributed by atoms with Crippen LogP contribution in [0.3, 0.4) is 0 Å². The van der Waals surface area contributed by atoms with Gasteiger partial charge in [-0.3, -0.25) is 4.79 Å². The van der Waals surface area contributed by atoms with E-state index in [4.69, 9.17) is 11.6 Å². The lowest BCUT2D eigenvalue weighted by atomic mass is 10.3. The Morgan fingerprint density at radius 3 is 2.50 bits per heavy atom. The maximum atomic E-state index is 11.5. The van der Waals surface area contributed by atoms with Gasteiger partial charge in [0.2, 0.25) is 5.91 Å². The molecule has 2 rings (SSSR count). The van der Waals surface area contributed by atoms with E-state index >= 15 is 0 Å². The zero-order valence-corrected chi connectivity index (χ0v) is 9.24. The predicted molar refractivity (Wildman–Crippen MR) is 59.9 cm³/mol. The molecule has 84 valence electrons. The minimum atomic E-state index is -0.870. The van der Waals surface area contributed by atoms with Crippen LogP contribution >= 0.6 is 11.6 Å². The number of anilines is 1. The molecule has 0 aromatic heterocycles. The third-order valence-electron chi connectivity index (χ3n) is 2.42. The molecule has 16 heavy (non-hydrogen) atoms. The number of hydrogen-bond acceptors (Lipinski definition) is 3. The van der Waals surface area contributed by atoms with Gasteiger partial charge < -0.3 is 9.64 Å². The Morgan fingerprint density at radius 1 is 1.31 bits per heavy atom. The van der Waals surface area contributed by atoms with E-state index in [0.29, 0.717) is 12.2 Å². The molecular formula is C11H10ClNO3. The number of benzene rings is 1. The highest BCUT2D eigenvalue weighted by Crippen LogP contribution is 2.24. The van der Waals surface area contributed by atoms with E-state index in [9.17, 15) is 9.59 Å². The molecule has 1 saturated heterocycles. The Labute approximate surface area is 97.7 Å². The van der Waals surface area contributed by atoms with E-state index in [1.807, 2.05) is 0 Å². The Hall–Kier alpha value is -1.55. The van der Waals surface area contributed by atoms with Gasteiger partial charge >= 0.3 is 5.43 Å². The molecule has 0 radical (unpaired) electrons. The quantitative estimate of drug-likeness (QED) is 0.745. The van der Waals surface area contributed by atoms with Crippen LogP contribution in [0, 0.1) is 0 Å². The first-order valence-corrected chi connectivity index (χ1v) is 5.32. The second-order valence-electron chi connectivity index (χ2n) is 3.48. The maximum Gasteiger partial charge on any atom is 0.409 e. The lowest BCUT2D eigenvalue weighted by Crippen LogP contribution is -2.23. The van der Waals surface area contributed by atoms with Crippen LogP contribution in [0.4, 0.5) is 10.5 Å². The molecule has 0 bridgehead atoms. The van der Waals surface area contributed by atoms with Gasteiger partial charge in [-0.05, 0) is 30.7 Å². The number of rotatable bonds is 2. The van der Waals surface area contributed by atoms with Gasteiger partial charge in [-0.15, -0.1) is 0 Å². The SMILES string of the molecule is O=C(Cl)Oc1ccc(N2CCCC2=O)cc1. The van der Waals surface area contributed by atoms with Crippen molar-refractivity contribution < 1.29 is 14.3 Å². The van der Waals surface area contributed by atoms with Crippen molar-refractivity contribution in [2.75, 3.05) is 11.4 Å². The first-order chi connectivity index (χ1) is 7.66. The first kappa shape index (κ1) is 11.0. The molecule has 1 heterocycles. The summed E-state index contributed by atoms with van der Waals surface area (Å²) in [7, 11) is 0. The smallest absolute Gasteiger partial charge is 0.409 e. The number of halogens is 1. The van der Waals surface area contributed by atoms with Gasteiger partial charge in [0, 0.05) is 30.3 Å². The van der Waals surface area contributed by atoms with Gasteiger partial charge in [0.05, 0.1) is 0 Å². The summed E-state index contributed by atoms with van der Waals surface area (Å²) in [6, 6.07) is 6.69. The van der Waals surface area contributed by atoms with E-state index < -0.39 is 5.43 Å². The summed E-state index contributed by atoms with van der Waals surface area (Å²) in [5.74, 6) is 0.498. The summed E-state index contributed by atoms with van der Waals surface area (Å²) < 4.78 is 4.68. The molecule has 1 aliphatic rings. The van der Waals surface area contributed by atoms with E-state index in [1.54, 1.807) is 29.2 Å². The van der Waals surface area contributed by atoms with E-state index in [1.165, 1.54) is 0 Å². The zero-order chi connectivity index (χ0) is 11.5. The summed E-state index contributed by atoms with van der Waals surface area (Å²) in [4.78, 5) is 23.7. The number of carbonyl (C=O) groups is 2. The average molecular weight is 240 g/mol. The number of hydrogen-bond donors (Lipinski definition) is 0. The summed E-state index contributed by atoms with van der Waals surface area (Å²) in [6.45, 7) is 0.744. The largest absolute Gasteiger partial charge is 0.415 e. The zero-order valence-electron chi connectivity index (χ0n) is 8.48. The number of carbonyl (C=O) groups excluding carboxylic acids is 2. The molecule has 0 unspecified atom stereocenters. The normalized spacial score (nSPS) is 15.3. The minimum absolute atomic E-state index is 0.127. The van der Waals surface area contributed by atoms with Gasteiger partial charge in [0.1, 0.15) is 5.75 Å². The molecule has 0 atom stereocenters. The molecule has 1 aromatic rings. The van der Waals surface area contributed by atoms with Crippen LogP contribution in [0.25, 0.3) is 0 Å². The van der Waals surface area contributed by atoms with Crippen LogP contribution in [0.5, 0.6) is 5.75 Å². The third kappa shape index (κ3) is 2.33. The lowest BCUT2D eigenvalue weighted by Gasteiger charge is -2.15. The highest BCUT2D eigenvalue weighted by atomic mass is 35.5. The summed E-state index contributed by atoms with van der Waals surface area (Å²) in [6.07, 6.45) is 1.48. The fourth-order valence-corrected chi connectivity index (χ4v) is 1.80. The molecule has 5 heteroatoms. The molecule has 0 saturated carbocycles. The fourth-order valence-electron chi connectivity index (χ4n) is 1.71. The van der Waals surface area contributed by atoms with Crippen LogP contribution in [0.2, 0.25) is 0 Å². The van der Waals surface area contributed by atoms with Crippen LogP contribution in [0.15, 0.2) is 24.3 Å². The maximum absolute atomic E-state index is 11.5. The van der Waals surface area contributed by atoms with Crippen molar-refractivity contribution in [1.82, 2.24) is 0 Å². The van der Waals surface area contributed by atoms with Crippen LogP contribution < -0.4 is 9.64 Å². The number of ether oxygens (including phenoxy) is 1. The van der Waals surface area contributed by atoms with Crippen molar-refractivity contribution in [1.29, 1.82) is 0 Å². The molecule has 1 amide bonds. The standard InChI is InChI=1S/C11H10ClNO3/c12-11(15)16-9-5-3-8(4-6-9)13-7-1-2-10(13)14/h3-6H,1-2,7H2. The average Bonchev–Trinajstić information content (AvgIpc) is 2.65. The monoisotopic (exact) mass is 239 g/mol. The van der Waals surface area contributed by atoms with Crippen molar-refractivity contribution in [3.05, 3.63) is 24.3 Å². The van der Waals surface area contributed by atoms with E-state index in [0.717, 1.165) is 18.7 Å².